The Morgan fingerprint density at radius 3 is 1.52 bits per heavy atom. The zero-order chi connectivity index (χ0) is 45.9. The van der Waals surface area contributed by atoms with Crippen molar-refractivity contribution >= 4 is 65.7 Å². The molecule has 2 aliphatic carbocycles. The second-order valence-corrected chi connectivity index (χ2v) is 19.8. The Labute approximate surface area is 376 Å². The molecule has 0 aliphatic heterocycles. The zero-order valence-electron chi connectivity index (χ0n) is 35.6. The number of hydrogen-bond acceptors (Lipinski definition) is 10. The fraction of sp³-hybridized carbons (Fsp3) is 0.0980. The van der Waals surface area contributed by atoms with Crippen molar-refractivity contribution in [3.63, 3.8) is 0 Å². The number of rotatable bonds is 11. The molecule has 0 fully saturated rings. The molecular formula is C51H40N4O8S2. The van der Waals surface area contributed by atoms with Gasteiger partial charge in [0.05, 0.1) is 33.7 Å². The second-order valence-electron chi connectivity index (χ2n) is 16.1. The lowest BCUT2D eigenvalue weighted by atomic mass is 9.87. The third-order valence-corrected chi connectivity index (χ3v) is 14.3. The second kappa shape index (κ2) is 16.1. The standard InChI is InChI=1S/C51H40N4O8S2/c1-52(2)37-22-18-34(19-23-37)41-28-45(57)51(59)47-43(31-55(49(41)47)65(62,63)39-16-9-6-10-17-39)36-15-11-12-32(26-36)29-53(3)38-24-20-35(21-25-38)40-27-44(56)50(58)46-42(33-13-7-5-8-14-33)30-54(48(40)46)64(4,60)61/h5-28,30-31H,29H2,1-4H3. The molecular weight excluding hydrogens is 861 g/mol. The average Bonchev–Trinajstić information content (AvgIpc) is 3.92. The van der Waals surface area contributed by atoms with Gasteiger partial charge in [0, 0.05) is 73.7 Å². The highest BCUT2D eigenvalue weighted by Gasteiger charge is 2.38. The van der Waals surface area contributed by atoms with Gasteiger partial charge in [-0.1, -0.05) is 91.0 Å². The highest BCUT2D eigenvalue weighted by Crippen LogP contribution is 2.42. The Bertz CT molecular complexity index is 3420. The minimum absolute atomic E-state index is 0.0111. The number of nitrogens with zero attached hydrogens (tertiary/aromatic N) is 4. The lowest BCUT2D eigenvalue weighted by molar-refractivity contribution is -0.111. The number of ketones is 4. The summed E-state index contributed by atoms with van der Waals surface area (Å²) in [4.78, 5) is 57.9. The van der Waals surface area contributed by atoms with Gasteiger partial charge in [0.1, 0.15) is 0 Å². The maximum atomic E-state index is 14.4. The summed E-state index contributed by atoms with van der Waals surface area (Å²) in [5, 5.41) is 0. The van der Waals surface area contributed by atoms with Gasteiger partial charge in [-0.2, -0.15) is 0 Å². The van der Waals surface area contributed by atoms with E-state index in [4.69, 9.17) is 0 Å². The fourth-order valence-corrected chi connectivity index (χ4v) is 10.6. The van der Waals surface area contributed by atoms with Crippen LogP contribution in [0.5, 0.6) is 0 Å². The van der Waals surface area contributed by atoms with E-state index in [1.54, 1.807) is 84.9 Å². The van der Waals surface area contributed by atoms with Gasteiger partial charge in [-0.05, 0) is 82.4 Å². The van der Waals surface area contributed by atoms with E-state index in [1.807, 2.05) is 67.3 Å². The van der Waals surface area contributed by atoms with Crippen molar-refractivity contribution in [2.24, 2.45) is 0 Å². The van der Waals surface area contributed by atoms with E-state index >= 15 is 0 Å². The van der Waals surface area contributed by atoms with E-state index in [0.717, 1.165) is 31.1 Å². The summed E-state index contributed by atoms with van der Waals surface area (Å²) in [6, 6.07) is 38.5. The molecule has 2 heterocycles. The number of benzene rings is 5. The van der Waals surface area contributed by atoms with Crippen LogP contribution in [0.4, 0.5) is 11.4 Å². The summed E-state index contributed by atoms with van der Waals surface area (Å²) in [7, 11) is -2.52. The Morgan fingerprint density at radius 1 is 0.508 bits per heavy atom. The third-order valence-electron chi connectivity index (χ3n) is 11.6. The normalized spacial score (nSPS) is 13.8. The minimum atomic E-state index is -4.27. The Balaban J connectivity index is 1.07. The van der Waals surface area contributed by atoms with E-state index in [-0.39, 0.29) is 33.0 Å². The number of hydrogen-bond donors (Lipinski definition) is 0. The first kappa shape index (κ1) is 42.6. The molecule has 14 heteroatoms. The Hall–Kier alpha value is -7.68. The van der Waals surface area contributed by atoms with Crippen LogP contribution in [0.25, 0.3) is 33.4 Å². The summed E-state index contributed by atoms with van der Waals surface area (Å²) < 4.78 is 57.3. The van der Waals surface area contributed by atoms with Crippen LogP contribution in [-0.2, 0) is 36.2 Å². The van der Waals surface area contributed by atoms with Gasteiger partial charge in [0.2, 0.25) is 33.2 Å². The number of allylic oxidation sites excluding steroid dienone is 2. The fourth-order valence-electron chi connectivity index (χ4n) is 8.40. The SMILES string of the molecule is CN(C)c1ccc(C2=CC(=O)C(=O)c3c(-c4cccc(CN(C)c5ccc(C6=CC(=O)C(=O)c7c(-c8ccccc8)cn(S(C)(=O)=O)c76)cc5)c4)cn(S(=O)(=O)c4ccccc4)c32)cc1. The van der Waals surface area contributed by atoms with Crippen molar-refractivity contribution in [2.45, 2.75) is 11.4 Å². The molecule has 324 valence electrons. The summed E-state index contributed by atoms with van der Waals surface area (Å²) in [6.07, 6.45) is 6.23. The first-order valence-electron chi connectivity index (χ1n) is 20.4. The highest BCUT2D eigenvalue weighted by atomic mass is 32.2. The molecule has 0 N–H and O–H groups in total. The summed E-state index contributed by atoms with van der Waals surface area (Å²) >= 11 is 0. The molecule has 7 aromatic rings. The van der Waals surface area contributed by atoms with Crippen LogP contribution in [0.1, 0.15) is 48.8 Å². The molecule has 0 unspecified atom stereocenters. The molecule has 0 bridgehead atoms. The van der Waals surface area contributed by atoms with Crippen molar-refractivity contribution in [3.8, 4) is 22.3 Å². The van der Waals surface area contributed by atoms with Gasteiger partial charge in [-0.15, -0.1) is 0 Å². The maximum Gasteiger partial charge on any atom is 0.268 e. The van der Waals surface area contributed by atoms with E-state index < -0.39 is 43.2 Å². The molecule has 0 spiro atoms. The van der Waals surface area contributed by atoms with Crippen molar-refractivity contribution in [1.29, 1.82) is 0 Å². The predicted octanol–water partition coefficient (Wildman–Crippen LogP) is 7.76. The van der Waals surface area contributed by atoms with Crippen molar-refractivity contribution < 1.29 is 36.0 Å². The largest absolute Gasteiger partial charge is 0.378 e. The summed E-state index contributed by atoms with van der Waals surface area (Å²) in [5.41, 5.74) is 6.11. The van der Waals surface area contributed by atoms with E-state index in [0.29, 0.717) is 45.5 Å². The van der Waals surface area contributed by atoms with Crippen LogP contribution in [0.3, 0.4) is 0 Å². The number of aromatic nitrogens is 2. The van der Waals surface area contributed by atoms with Gasteiger partial charge in [-0.3, -0.25) is 19.2 Å². The lowest BCUT2D eigenvalue weighted by Crippen LogP contribution is -2.23. The van der Waals surface area contributed by atoms with Crippen LogP contribution < -0.4 is 9.80 Å². The number of fused-ring (bicyclic) bond motifs is 2. The van der Waals surface area contributed by atoms with E-state index in [9.17, 15) is 36.0 Å². The first-order valence-corrected chi connectivity index (χ1v) is 23.7. The lowest BCUT2D eigenvalue weighted by Gasteiger charge is -2.21. The molecule has 12 nitrogen and oxygen atoms in total. The molecule has 9 rings (SSSR count). The van der Waals surface area contributed by atoms with Crippen LogP contribution in [0.2, 0.25) is 0 Å². The predicted molar refractivity (Wildman–Crippen MR) is 251 cm³/mol. The van der Waals surface area contributed by atoms with Crippen LogP contribution >= 0.6 is 0 Å². The Kier molecular flexibility index (Phi) is 10.6. The summed E-state index contributed by atoms with van der Waals surface area (Å²) in [6.45, 7) is 0.353. The molecule has 2 aromatic heterocycles. The summed E-state index contributed by atoms with van der Waals surface area (Å²) in [5.74, 6) is -3.14. The molecule has 0 saturated carbocycles. The molecule has 2 aliphatic rings. The van der Waals surface area contributed by atoms with Gasteiger partial charge in [0.15, 0.2) is 0 Å². The van der Waals surface area contributed by atoms with Gasteiger partial charge in [0.25, 0.3) is 10.0 Å². The molecule has 5 aromatic carbocycles. The first-order chi connectivity index (χ1) is 31.0. The van der Waals surface area contributed by atoms with Crippen molar-refractivity contribution in [3.05, 3.63) is 197 Å². The molecule has 65 heavy (non-hydrogen) atoms. The van der Waals surface area contributed by atoms with Crippen molar-refractivity contribution in [2.75, 3.05) is 37.2 Å². The number of carbonyl (C=O) groups is 4. The van der Waals surface area contributed by atoms with Crippen LogP contribution in [-0.4, -0.2) is 75.3 Å². The van der Waals surface area contributed by atoms with Crippen LogP contribution in [0.15, 0.2) is 163 Å². The molecule has 0 atom stereocenters. The molecule has 0 saturated heterocycles. The van der Waals surface area contributed by atoms with Crippen LogP contribution in [0, 0.1) is 0 Å². The monoisotopic (exact) mass is 900 g/mol. The Morgan fingerprint density at radius 2 is 0.985 bits per heavy atom. The number of carbonyl (C=O) groups excluding carboxylic acids is 4. The molecule has 0 radical (unpaired) electrons. The average molecular weight is 901 g/mol. The van der Waals surface area contributed by atoms with Gasteiger partial charge >= 0.3 is 0 Å². The van der Waals surface area contributed by atoms with E-state index in [2.05, 4.69) is 0 Å². The topological polar surface area (TPSA) is 153 Å². The zero-order valence-corrected chi connectivity index (χ0v) is 37.2. The number of anilines is 2. The number of Topliss-reactive ketones (excluding diaryl/α,β-unsaturated/α-hetero) is 2. The minimum Gasteiger partial charge on any atom is -0.378 e. The quantitative estimate of drug-likeness (QED) is 0.118. The van der Waals surface area contributed by atoms with Gasteiger partial charge in [-0.25, -0.2) is 24.8 Å². The smallest absolute Gasteiger partial charge is 0.268 e. The maximum absolute atomic E-state index is 14.4. The highest BCUT2D eigenvalue weighted by molar-refractivity contribution is 7.90. The molecule has 0 amide bonds. The van der Waals surface area contributed by atoms with Crippen molar-refractivity contribution in [1.82, 2.24) is 7.94 Å². The van der Waals surface area contributed by atoms with E-state index in [1.165, 1.54) is 36.7 Å². The third kappa shape index (κ3) is 7.55. The van der Waals surface area contributed by atoms with Gasteiger partial charge < -0.3 is 9.80 Å².